The zero-order valence-corrected chi connectivity index (χ0v) is 18.9. The van der Waals surface area contributed by atoms with Gasteiger partial charge >= 0.3 is 6.03 Å². The highest BCUT2D eigenvalue weighted by Gasteiger charge is 2.23. The summed E-state index contributed by atoms with van der Waals surface area (Å²) in [4.78, 5) is 17.1. The molecule has 1 unspecified atom stereocenters. The molecule has 1 atom stereocenters. The van der Waals surface area contributed by atoms with Crippen LogP contribution in [-0.2, 0) is 11.2 Å². The maximum absolute atomic E-state index is 12.8. The first-order valence-corrected chi connectivity index (χ1v) is 11.2. The molecule has 1 aliphatic rings. The summed E-state index contributed by atoms with van der Waals surface area (Å²) in [5, 5.41) is 3.63. The van der Waals surface area contributed by atoms with Gasteiger partial charge in [0.15, 0.2) is 5.05 Å². The van der Waals surface area contributed by atoms with Gasteiger partial charge in [0, 0.05) is 39.6 Å². The highest BCUT2D eigenvalue weighted by Crippen LogP contribution is 2.08. The molecule has 1 aliphatic heterocycles. The van der Waals surface area contributed by atoms with Crippen LogP contribution in [0.2, 0.25) is 0 Å². The van der Waals surface area contributed by atoms with Crippen molar-refractivity contribution >= 4 is 29.4 Å². The average molecular weight is 438 g/mol. The van der Waals surface area contributed by atoms with E-state index in [4.69, 9.17) is 17.0 Å². The molecule has 0 bridgehead atoms. The second-order valence-electron chi connectivity index (χ2n) is 7.74. The normalized spacial score (nSPS) is 15.6. The van der Waals surface area contributed by atoms with E-state index in [2.05, 4.69) is 46.6 Å². The fraction of sp³-hybridized carbons (Fsp3) is 0.360. The molecule has 0 saturated carbocycles. The summed E-state index contributed by atoms with van der Waals surface area (Å²) in [7, 11) is 0. The number of amides is 2. The van der Waals surface area contributed by atoms with Crippen molar-refractivity contribution in [3.05, 3.63) is 77.9 Å². The number of rotatable bonds is 8. The molecule has 0 aliphatic carbocycles. The van der Waals surface area contributed by atoms with Crippen molar-refractivity contribution in [1.82, 2.24) is 15.1 Å². The van der Waals surface area contributed by atoms with Crippen molar-refractivity contribution in [2.45, 2.75) is 19.4 Å². The minimum atomic E-state index is -0.125. The van der Waals surface area contributed by atoms with Gasteiger partial charge in [-0.1, -0.05) is 72.8 Å². The van der Waals surface area contributed by atoms with Gasteiger partial charge in [0.1, 0.15) is 6.61 Å². The van der Waals surface area contributed by atoms with Crippen molar-refractivity contribution < 1.29 is 9.53 Å². The molecule has 0 aromatic heterocycles. The van der Waals surface area contributed by atoms with Crippen molar-refractivity contribution in [2.24, 2.45) is 0 Å². The van der Waals surface area contributed by atoms with Crippen molar-refractivity contribution in [3.63, 3.8) is 0 Å². The summed E-state index contributed by atoms with van der Waals surface area (Å²) in [6.45, 7) is 6.19. The van der Waals surface area contributed by atoms with Gasteiger partial charge < -0.3 is 15.0 Å². The lowest BCUT2D eigenvalue weighted by molar-refractivity contribution is 0.140. The Labute approximate surface area is 190 Å². The Hall–Kier alpha value is -2.70. The van der Waals surface area contributed by atoms with Crippen LogP contribution < -0.4 is 5.32 Å². The smallest absolute Gasteiger partial charge is 0.317 e. The number of hydrogen-bond donors (Lipinski definition) is 1. The number of carbonyl (C=O) groups excluding carboxylic acids is 1. The SMILES string of the molecule is CC(=S)OCC(Cc1ccccc1)NC(=O)N1CCN(CC=Cc2ccccc2)CC1. The van der Waals surface area contributed by atoms with Crippen LogP contribution in [0.3, 0.4) is 0 Å². The molecular formula is C25H31N3O2S. The number of urea groups is 1. The second kappa shape index (κ2) is 12.2. The predicted molar refractivity (Wildman–Crippen MR) is 130 cm³/mol. The highest BCUT2D eigenvalue weighted by molar-refractivity contribution is 7.80. The van der Waals surface area contributed by atoms with E-state index >= 15 is 0 Å². The molecule has 31 heavy (non-hydrogen) atoms. The van der Waals surface area contributed by atoms with E-state index in [0.717, 1.165) is 38.3 Å². The zero-order chi connectivity index (χ0) is 21.9. The number of nitrogens with zero attached hydrogens (tertiary/aromatic N) is 2. The summed E-state index contributed by atoms with van der Waals surface area (Å²) in [5.41, 5.74) is 2.37. The maximum Gasteiger partial charge on any atom is 0.317 e. The third-order valence-electron chi connectivity index (χ3n) is 5.27. The molecule has 2 aromatic rings. The summed E-state index contributed by atoms with van der Waals surface area (Å²) in [5.74, 6) is 0. The maximum atomic E-state index is 12.8. The lowest BCUT2D eigenvalue weighted by Crippen LogP contribution is -2.54. The molecule has 6 heteroatoms. The Morgan fingerprint density at radius 1 is 1.06 bits per heavy atom. The lowest BCUT2D eigenvalue weighted by Gasteiger charge is -2.35. The van der Waals surface area contributed by atoms with Gasteiger partial charge in [-0.15, -0.1) is 0 Å². The van der Waals surface area contributed by atoms with Crippen LogP contribution in [-0.4, -0.2) is 66.3 Å². The van der Waals surface area contributed by atoms with E-state index in [1.807, 2.05) is 41.3 Å². The van der Waals surface area contributed by atoms with E-state index in [0.29, 0.717) is 18.1 Å². The number of benzene rings is 2. The molecule has 1 heterocycles. The van der Waals surface area contributed by atoms with Crippen LogP contribution in [0.15, 0.2) is 66.7 Å². The van der Waals surface area contributed by atoms with E-state index in [9.17, 15) is 4.79 Å². The standard InChI is InChI=1S/C25H31N3O2S/c1-21(31)30-20-24(19-23-11-6-3-7-12-23)26-25(29)28-17-15-27(16-18-28)14-8-13-22-9-4-2-5-10-22/h2-13,24H,14-20H2,1H3,(H,26,29). The van der Waals surface area contributed by atoms with Crippen LogP contribution in [0.1, 0.15) is 18.1 Å². The Morgan fingerprint density at radius 2 is 1.71 bits per heavy atom. The van der Waals surface area contributed by atoms with Crippen LogP contribution in [0.4, 0.5) is 4.79 Å². The number of nitrogens with one attached hydrogen (secondary N) is 1. The Morgan fingerprint density at radius 3 is 2.35 bits per heavy atom. The van der Waals surface area contributed by atoms with Crippen molar-refractivity contribution in [1.29, 1.82) is 0 Å². The van der Waals surface area contributed by atoms with Crippen LogP contribution >= 0.6 is 12.2 Å². The monoisotopic (exact) mass is 437 g/mol. The van der Waals surface area contributed by atoms with Gasteiger partial charge in [0.05, 0.1) is 6.04 Å². The topological polar surface area (TPSA) is 44.8 Å². The molecule has 1 saturated heterocycles. The van der Waals surface area contributed by atoms with Crippen LogP contribution in [0.5, 0.6) is 0 Å². The Kier molecular flexibility index (Phi) is 9.06. The van der Waals surface area contributed by atoms with Gasteiger partial charge in [-0.05, 0) is 29.8 Å². The van der Waals surface area contributed by atoms with Gasteiger partial charge in [-0.2, -0.15) is 0 Å². The highest BCUT2D eigenvalue weighted by atomic mass is 32.1. The first-order chi connectivity index (χ1) is 15.1. The van der Waals surface area contributed by atoms with Crippen molar-refractivity contribution in [3.8, 4) is 0 Å². The molecule has 2 aromatic carbocycles. The first kappa shape index (κ1) is 23.0. The van der Waals surface area contributed by atoms with Crippen LogP contribution in [0.25, 0.3) is 6.08 Å². The number of piperazine rings is 1. The molecule has 0 spiro atoms. The van der Waals surface area contributed by atoms with E-state index in [-0.39, 0.29) is 12.1 Å². The fourth-order valence-corrected chi connectivity index (χ4v) is 3.64. The quantitative estimate of drug-likeness (QED) is 0.634. The second-order valence-corrected chi connectivity index (χ2v) is 8.31. The molecule has 0 radical (unpaired) electrons. The first-order valence-electron chi connectivity index (χ1n) is 10.8. The Bertz CT molecular complexity index is 850. The molecule has 1 N–H and O–H groups in total. The van der Waals surface area contributed by atoms with E-state index in [1.165, 1.54) is 5.56 Å². The molecule has 5 nitrogen and oxygen atoms in total. The lowest BCUT2D eigenvalue weighted by atomic mass is 10.1. The largest absolute Gasteiger partial charge is 0.485 e. The molecule has 3 rings (SSSR count). The van der Waals surface area contributed by atoms with Gasteiger partial charge in [0.25, 0.3) is 0 Å². The number of carbonyl (C=O) groups is 1. The summed E-state index contributed by atoms with van der Waals surface area (Å²) in [6.07, 6.45) is 5.04. The summed E-state index contributed by atoms with van der Waals surface area (Å²) in [6, 6.07) is 20.3. The van der Waals surface area contributed by atoms with Crippen LogP contribution in [0, 0.1) is 0 Å². The predicted octanol–water partition coefficient (Wildman–Crippen LogP) is 4.00. The molecule has 1 fully saturated rings. The molecular weight excluding hydrogens is 406 g/mol. The minimum absolute atomic E-state index is 0.0361. The Balaban J connectivity index is 1.46. The number of ether oxygens (including phenoxy) is 1. The van der Waals surface area contributed by atoms with Gasteiger partial charge in [-0.25, -0.2) is 4.79 Å². The molecule has 2 amide bonds. The van der Waals surface area contributed by atoms with Crippen molar-refractivity contribution in [2.75, 3.05) is 39.3 Å². The van der Waals surface area contributed by atoms with Gasteiger partial charge in [0.2, 0.25) is 0 Å². The number of hydrogen-bond acceptors (Lipinski definition) is 4. The average Bonchev–Trinajstić information content (AvgIpc) is 2.79. The fourth-order valence-electron chi connectivity index (χ4n) is 3.57. The minimum Gasteiger partial charge on any atom is -0.485 e. The molecule has 164 valence electrons. The third-order valence-corrected chi connectivity index (χ3v) is 5.39. The third kappa shape index (κ3) is 8.15. The van der Waals surface area contributed by atoms with E-state index in [1.54, 1.807) is 6.92 Å². The van der Waals surface area contributed by atoms with Gasteiger partial charge in [-0.3, -0.25) is 4.90 Å². The number of thiocarbonyl (C=S) groups is 1. The summed E-state index contributed by atoms with van der Waals surface area (Å²) >= 11 is 5.04. The van der Waals surface area contributed by atoms with E-state index < -0.39 is 0 Å². The summed E-state index contributed by atoms with van der Waals surface area (Å²) < 4.78 is 5.54. The zero-order valence-electron chi connectivity index (χ0n) is 18.1.